The Hall–Kier alpha value is -0.390. The Morgan fingerprint density at radius 3 is 2.17 bits per heavy atom. The molecule has 2 heterocycles. The lowest BCUT2D eigenvalue weighted by molar-refractivity contribution is 0.601. The van der Waals surface area contributed by atoms with Crippen molar-refractivity contribution in [2.75, 3.05) is 11.5 Å². The Morgan fingerprint density at radius 1 is 1.22 bits per heavy atom. The molecule has 18 heavy (non-hydrogen) atoms. The van der Waals surface area contributed by atoms with Gasteiger partial charge in [-0.3, -0.25) is 0 Å². The first-order chi connectivity index (χ1) is 8.30. The van der Waals surface area contributed by atoms with Crippen molar-refractivity contribution in [1.29, 1.82) is 0 Å². The van der Waals surface area contributed by atoms with E-state index in [0.29, 0.717) is 28.1 Å². The van der Waals surface area contributed by atoms with Gasteiger partial charge in [-0.25, -0.2) is 18.4 Å². The summed E-state index contributed by atoms with van der Waals surface area (Å²) in [5.74, 6) is 0.649. The van der Waals surface area contributed by atoms with E-state index in [0.717, 1.165) is 0 Å². The predicted molar refractivity (Wildman–Crippen MR) is 72.2 cm³/mol. The van der Waals surface area contributed by atoms with Crippen molar-refractivity contribution in [3.63, 3.8) is 0 Å². The fourth-order valence-electron chi connectivity index (χ4n) is 2.09. The highest BCUT2D eigenvalue weighted by Crippen LogP contribution is 2.33. The number of hydrogen-bond donors (Lipinski definition) is 0. The molecular formula is C11H14Cl2N2O2S. The second-order valence-electron chi connectivity index (χ2n) is 4.83. The number of nitrogens with zero attached hydrogens (tertiary/aromatic N) is 2. The van der Waals surface area contributed by atoms with E-state index < -0.39 is 9.84 Å². The molecule has 0 aliphatic carbocycles. The molecule has 1 aliphatic heterocycles. The Bertz CT molecular complexity index is 549. The van der Waals surface area contributed by atoms with E-state index in [2.05, 4.69) is 9.97 Å². The van der Waals surface area contributed by atoms with Crippen LogP contribution in [0, 0.1) is 0 Å². The van der Waals surface area contributed by atoms with Gasteiger partial charge in [0, 0.05) is 11.5 Å². The van der Waals surface area contributed by atoms with Crippen LogP contribution < -0.4 is 0 Å². The standard InChI is InChI=1S/C11H14Cl2N2O2S/c1-6(2)8-9(12)14-11(15-10(8)13)7-3-4-18(16,17)5-7/h6-7H,3-5H2,1-2H3. The van der Waals surface area contributed by atoms with Gasteiger partial charge < -0.3 is 0 Å². The van der Waals surface area contributed by atoms with Crippen LogP contribution in [-0.2, 0) is 9.84 Å². The maximum absolute atomic E-state index is 11.4. The summed E-state index contributed by atoms with van der Waals surface area (Å²) >= 11 is 12.2. The lowest BCUT2D eigenvalue weighted by Gasteiger charge is -2.13. The largest absolute Gasteiger partial charge is 0.229 e. The van der Waals surface area contributed by atoms with Crippen molar-refractivity contribution in [3.05, 3.63) is 21.7 Å². The normalized spacial score (nSPS) is 22.6. The lowest BCUT2D eigenvalue weighted by atomic mass is 10.1. The zero-order chi connectivity index (χ0) is 13.5. The summed E-state index contributed by atoms with van der Waals surface area (Å²) < 4.78 is 22.9. The van der Waals surface area contributed by atoms with Gasteiger partial charge in [0.15, 0.2) is 9.84 Å². The van der Waals surface area contributed by atoms with Gasteiger partial charge in [0.1, 0.15) is 16.1 Å². The van der Waals surface area contributed by atoms with Crippen LogP contribution in [0.25, 0.3) is 0 Å². The summed E-state index contributed by atoms with van der Waals surface area (Å²) in [5, 5.41) is 0.647. The third kappa shape index (κ3) is 2.78. The van der Waals surface area contributed by atoms with Crippen molar-refractivity contribution in [3.8, 4) is 0 Å². The van der Waals surface area contributed by atoms with Crippen molar-refractivity contribution in [1.82, 2.24) is 9.97 Å². The summed E-state index contributed by atoms with van der Waals surface area (Å²) in [4.78, 5) is 8.42. The van der Waals surface area contributed by atoms with Crippen LogP contribution in [0.3, 0.4) is 0 Å². The maximum Gasteiger partial charge on any atom is 0.151 e. The van der Waals surface area contributed by atoms with Crippen LogP contribution in [0.2, 0.25) is 10.3 Å². The van der Waals surface area contributed by atoms with Gasteiger partial charge in [-0.2, -0.15) is 0 Å². The first-order valence-electron chi connectivity index (χ1n) is 5.73. The molecule has 0 radical (unpaired) electrons. The molecule has 0 amide bonds. The van der Waals surface area contributed by atoms with E-state index in [-0.39, 0.29) is 23.3 Å². The highest BCUT2D eigenvalue weighted by atomic mass is 35.5. The highest BCUT2D eigenvalue weighted by molar-refractivity contribution is 7.91. The second kappa shape index (κ2) is 4.94. The van der Waals surface area contributed by atoms with Gasteiger partial charge >= 0.3 is 0 Å². The summed E-state index contributed by atoms with van der Waals surface area (Å²) in [5.41, 5.74) is 0.711. The van der Waals surface area contributed by atoms with Crippen LogP contribution >= 0.6 is 23.2 Å². The summed E-state index contributed by atoms with van der Waals surface area (Å²) in [7, 11) is -2.96. The second-order valence-corrected chi connectivity index (χ2v) is 7.78. The van der Waals surface area contributed by atoms with E-state index in [9.17, 15) is 8.42 Å². The third-order valence-corrected chi connectivity index (χ3v) is 5.39. The quantitative estimate of drug-likeness (QED) is 0.788. The first-order valence-corrected chi connectivity index (χ1v) is 8.31. The Balaban J connectivity index is 2.37. The number of halogens is 2. The van der Waals surface area contributed by atoms with Crippen molar-refractivity contribution >= 4 is 33.0 Å². The van der Waals surface area contributed by atoms with Gasteiger partial charge in [0.25, 0.3) is 0 Å². The Kier molecular flexibility index (Phi) is 3.85. The van der Waals surface area contributed by atoms with Gasteiger partial charge in [-0.15, -0.1) is 0 Å². The molecular weight excluding hydrogens is 295 g/mol. The summed E-state index contributed by atoms with van der Waals surface area (Å²) in [6, 6.07) is 0. The minimum Gasteiger partial charge on any atom is -0.229 e. The van der Waals surface area contributed by atoms with E-state index in [1.807, 2.05) is 13.8 Å². The first kappa shape index (κ1) is 14.0. The molecule has 1 aromatic rings. The monoisotopic (exact) mass is 308 g/mol. The molecule has 1 fully saturated rings. The van der Waals surface area contributed by atoms with E-state index in [1.165, 1.54) is 0 Å². The van der Waals surface area contributed by atoms with Crippen LogP contribution in [-0.4, -0.2) is 29.9 Å². The van der Waals surface area contributed by atoms with Gasteiger partial charge in [0.05, 0.1) is 11.5 Å². The fourth-order valence-corrected chi connectivity index (χ4v) is 4.67. The molecule has 0 aromatic carbocycles. The number of hydrogen-bond acceptors (Lipinski definition) is 4. The van der Waals surface area contributed by atoms with E-state index >= 15 is 0 Å². The highest BCUT2D eigenvalue weighted by Gasteiger charge is 2.32. The molecule has 2 rings (SSSR count). The van der Waals surface area contributed by atoms with Crippen molar-refractivity contribution < 1.29 is 8.42 Å². The zero-order valence-electron chi connectivity index (χ0n) is 10.2. The van der Waals surface area contributed by atoms with Gasteiger partial charge in [-0.05, 0) is 12.3 Å². The van der Waals surface area contributed by atoms with Crippen molar-refractivity contribution in [2.45, 2.75) is 32.1 Å². The van der Waals surface area contributed by atoms with Crippen LogP contribution in [0.1, 0.15) is 43.5 Å². The van der Waals surface area contributed by atoms with Crippen molar-refractivity contribution in [2.24, 2.45) is 0 Å². The number of aromatic nitrogens is 2. The lowest BCUT2D eigenvalue weighted by Crippen LogP contribution is -2.09. The molecule has 0 spiro atoms. The molecule has 1 aliphatic rings. The van der Waals surface area contributed by atoms with Crippen LogP contribution in [0.15, 0.2) is 0 Å². The minimum atomic E-state index is -2.96. The maximum atomic E-state index is 11.4. The molecule has 4 nitrogen and oxygen atoms in total. The third-order valence-electron chi connectivity index (χ3n) is 3.04. The molecule has 1 unspecified atom stereocenters. The molecule has 1 saturated heterocycles. The van der Waals surface area contributed by atoms with Crippen LogP contribution in [0.5, 0.6) is 0 Å². The molecule has 1 atom stereocenters. The summed E-state index contributed by atoms with van der Waals surface area (Å²) in [6.45, 7) is 3.91. The van der Waals surface area contributed by atoms with Gasteiger partial charge in [0.2, 0.25) is 0 Å². The molecule has 1 aromatic heterocycles. The SMILES string of the molecule is CC(C)c1c(Cl)nc(C2CCS(=O)(=O)C2)nc1Cl. The average Bonchev–Trinajstić information content (AvgIpc) is 2.57. The predicted octanol–water partition coefficient (Wildman–Crippen LogP) is 2.81. The average molecular weight is 309 g/mol. The topological polar surface area (TPSA) is 59.9 Å². The Morgan fingerprint density at radius 2 is 1.78 bits per heavy atom. The smallest absolute Gasteiger partial charge is 0.151 e. The number of rotatable bonds is 2. The Labute approximate surface area is 117 Å². The van der Waals surface area contributed by atoms with E-state index in [4.69, 9.17) is 23.2 Å². The zero-order valence-corrected chi connectivity index (χ0v) is 12.5. The molecule has 0 saturated carbocycles. The fraction of sp³-hybridized carbons (Fsp3) is 0.636. The van der Waals surface area contributed by atoms with E-state index in [1.54, 1.807) is 0 Å². The summed E-state index contributed by atoms with van der Waals surface area (Å²) in [6.07, 6.45) is 0.538. The molecule has 100 valence electrons. The molecule has 0 bridgehead atoms. The molecule has 0 N–H and O–H groups in total. The molecule has 7 heteroatoms. The van der Waals surface area contributed by atoms with Gasteiger partial charge in [-0.1, -0.05) is 37.0 Å². The number of sulfone groups is 1. The minimum absolute atomic E-state index is 0.0840. The van der Waals surface area contributed by atoms with Crippen LogP contribution in [0.4, 0.5) is 0 Å².